The third kappa shape index (κ3) is 5.86. The number of nitrogens with one attached hydrogen (secondary N) is 2. The third-order valence-electron chi connectivity index (χ3n) is 3.71. The van der Waals surface area contributed by atoms with Crippen LogP contribution in [0.15, 0.2) is 54.6 Å². The first-order valence-electron chi connectivity index (χ1n) is 8.00. The monoisotopic (exact) mass is 364 g/mol. The van der Waals surface area contributed by atoms with Gasteiger partial charge < -0.3 is 5.32 Å². The molecule has 1 unspecified atom stereocenters. The van der Waals surface area contributed by atoms with Gasteiger partial charge in [-0.05, 0) is 36.2 Å². The summed E-state index contributed by atoms with van der Waals surface area (Å²) in [6.45, 7) is 1.85. The summed E-state index contributed by atoms with van der Waals surface area (Å²) in [6.07, 6.45) is 0.534. The van der Waals surface area contributed by atoms with Gasteiger partial charge in [0.25, 0.3) is 0 Å². The van der Waals surface area contributed by atoms with Crippen LogP contribution in [0.3, 0.4) is 0 Å². The minimum absolute atomic E-state index is 0.00129. The molecule has 0 aliphatic carbocycles. The lowest BCUT2D eigenvalue weighted by molar-refractivity contribution is -0.122. The maximum atomic E-state index is 13.0. The van der Waals surface area contributed by atoms with Crippen molar-refractivity contribution < 1.29 is 17.6 Å². The summed E-state index contributed by atoms with van der Waals surface area (Å²) in [5.41, 5.74) is 1.18. The Morgan fingerprint density at radius 1 is 1.08 bits per heavy atom. The minimum atomic E-state index is -3.55. The van der Waals surface area contributed by atoms with Gasteiger partial charge in [-0.15, -0.1) is 0 Å². The van der Waals surface area contributed by atoms with E-state index in [0.29, 0.717) is 17.7 Å². The molecule has 0 spiro atoms. The molecule has 2 N–H and O–H groups in total. The predicted molar refractivity (Wildman–Crippen MR) is 96.3 cm³/mol. The molecule has 0 saturated heterocycles. The second-order valence-electron chi connectivity index (χ2n) is 5.59. The summed E-state index contributed by atoms with van der Waals surface area (Å²) in [5, 5.41) is 2.64. The Bertz CT molecular complexity index is 793. The molecule has 7 heteroatoms. The molecule has 134 valence electrons. The molecule has 0 aliphatic heterocycles. The number of amides is 1. The molecule has 0 aliphatic rings. The van der Waals surface area contributed by atoms with Gasteiger partial charge in [0.05, 0.1) is 11.7 Å². The molecule has 2 rings (SSSR count). The summed E-state index contributed by atoms with van der Waals surface area (Å²) < 4.78 is 39.5. The average Bonchev–Trinajstić information content (AvgIpc) is 2.57. The molecule has 0 heterocycles. The van der Waals surface area contributed by atoms with Crippen molar-refractivity contribution >= 4 is 21.6 Å². The van der Waals surface area contributed by atoms with E-state index in [1.807, 2.05) is 6.92 Å². The highest BCUT2D eigenvalue weighted by atomic mass is 32.2. The van der Waals surface area contributed by atoms with E-state index in [0.717, 1.165) is 0 Å². The number of benzene rings is 2. The average molecular weight is 364 g/mol. The lowest BCUT2D eigenvalue weighted by Crippen LogP contribution is -2.34. The summed E-state index contributed by atoms with van der Waals surface area (Å²) >= 11 is 0. The van der Waals surface area contributed by atoms with Crippen LogP contribution in [-0.2, 0) is 14.8 Å². The van der Waals surface area contributed by atoms with E-state index in [2.05, 4.69) is 10.0 Å². The number of para-hydroxylation sites is 1. The molecule has 1 atom stereocenters. The Morgan fingerprint density at radius 3 is 2.32 bits per heavy atom. The number of anilines is 1. The van der Waals surface area contributed by atoms with Gasteiger partial charge in [-0.25, -0.2) is 12.8 Å². The molecule has 2 aromatic carbocycles. The Balaban J connectivity index is 1.89. The zero-order valence-corrected chi connectivity index (χ0v) is 14.7. The molecule has 5 nitrogen and oxygen atoms in total. The highest BCUT2D eigenvalue weighted by Gasteiger charge is 2.19. The maximum Gasteiger partial charge on any atom is 0.234 e. The van der Waals surface area contributed by atoms with E-state index in [4.69, 9.17) is 0 Å². The highest BCUT2D eigenvalue weighted by Crippen LogP contribution is 2.20. The van der Waals surface area contributed by atoms with E-state index in [9.17, 15) is 17.6 Å². The smallest absolute Gasteiger partial charge is 0.234 e. The Kier molecular flexibility index (Phi) is 6.52. The molecule has 1 amide bonds. The van der Waals surface area contributed by atoms with Crippen LogP contribution < -0.4 is 10.0 Å². The van der Waals surface area contributed by atoms with Gasteiger partial charge in [0.2, 0.25) is 15.9 Å². The molecule has 2 aromatic rings. The summed E-state index contributed by atoms with van der Waals surface area (Å²) in [7, 11) is -3.55. The van der Waals surface area contributed by atoms with Crippen molar-refractivity contribution in [3.63, 3.8) is 0 Å². The zero-order chi connectivity index (χ0) is 18.3. The van der Waals surface area contributed by atoms with Crippen LogP contribution in [0.25, 0.3) is 0 Å². The number of rotatable bonds is 8. The second kappa shape index (κ2) is 8.62. The number of carbonyl (C=O) groups is 1. The van der Waals surface area contributed by atoms with Gasteiger partial charge >= 0.3 is 0 Å². The Hall–Kier alpha value is -2.41. The SMILES string of the molecule is CCC(C(=O)NCCS(=O)(=O)Nc1ccccc1)c1ccc(F)cc1. The van der Waals surface area contributed by atoms with Crippen molar-refractivity contribution in [2.45, 2.75) is 19.3 Å². The van der Waals surface area contributed by atoms with E-state index >= 15 is 0 Å². The number of sulfonamides is 1. The number of carbonyl (C=O) groups excluding carboxylic acids is 1. The van der Waals surface area contributed by atoms with Gasteiger partial charge in [0.15, 0.2) is 0 Å². The van der Waals surface area contributed by atoms with Crippen molar-refractivity contribution in [1.29, 1.82) is 0 Å². The molecule has 0 aromatic heterocycles. The molecule has 0 fully saturated rings. The first-order valence-corrected chi connectivity index (χ1v) is 9.65. The number of halogens is 1. The molecule has 25 heavy (non-hydrogen) atoms. The van der Waals surface area contributed by atoms with E-state index in [-0.39, 0.29) is 24.0 Å². The molecule has 0 radical (unpaired) electrons. The van der Waals surface area contributed by atoms with Gasteiger partial charge in [0.1, 0.15) is 5.82 Å². The predicted octanol–water partition coefficient (Wildman–Crippen LogP) is 2.88. The van der Waals surface area contributed by atoms with Gasteiger partial charge in [0, 0.05) is 12.2 Å². The van der Waals surface area contributed by atoms with Crippen molar-refractivity contribution in [3.05, 3.63) is 66.0 Å². The van der Waals surface area contributed by atoms with Crippen LogP contribution >= 0.6 is 0 Å². The molecule has 0 saturated carbocycles. The van der Waals surface area contributed by atoms with Crippen LogP contribution in [0.2, 0.25) is 0 Å². The summed E-state index contributed by atoms with van der Waals surface area (Å²) in [6, 6.07) is 14.3. The standard InChI is InChI=1S/C18H21FN2O3S/c1-2-17(14-8-10-15(19)11-9-14)18(22)20-12-13-25(23,24)21-16-6-4-3-5-7-16/h3-11,17,21H,2,12-13H2,1H3,(H,20,22). The second-order valence-corrected chi connectivity index (χ2v) is 7.43. The molecular formula is C18H21FN2O3S. The quantitative estimate of drug-likeness (QED) is 0.756. The largest absolute Gasteiger partial charge is 0.354 e. The molecule has 0 bridgehead atoms. The van der Waals surface area contributed by atoms with Gasteiger partial charge in [-0.2, -0.15) is 0 Å². The van der Waals surface area contributed by atoms with E-state index < -0.39 is 15.9 Å². The lowest BCUT2D eigenvalue weighted by Gasteiger charge is -2.15. The van der Waals surface area contributed by atoms with Crippen LogP contribution in [-0.4, -0.2) is 26.6 Å². The fourth-order valence-electron chi connectivity index (χ4n) is 2.44. The fraction of sp³-hybridized carbons (Fsp3) is 0.278. The number of hydrogen-bond donors (Lipinski definition) is 2. The first kappa shape index (κ1) is 18.9. The van der Waals surface area contributed by atoms with Crippen molar-refractivity contribution in [3.8, 4) is 0 Å². The normalized spacial score (nSPS) is 12.4. The summed E-state index contributed by atoms with van der Waals surface area (Å²) in [4.78, 5) is 12.3. The summed E-state index contributed by atoms with van der Waals surface area (Å²) in [5.74, 6) is -1.31. The number of hydrogen-bond acceptors (Lipinski definition) is 3. The van der Waals surface area contributed by atoms with Gasteiger partial charge in [-0.1, -0.05) is 37.3 Å². The van der Waals surface area contributed by atoms with E-state index in [1.54, 1.807) is 42.5 Å². The zero-order valence-electron chi connectivity index (χ0n) is 13.9. The topological polar surface area (TPSA) is 75.3 Å². The third-order valence-corrected chi connectivity index (χ3v) is 5.00. The fourth-order valence-corrected chi connectivity index (χ4v) is 3.40. The van der Waals surface area contributed by atoms with Crippen molar-refractivity contribution in [1.82, 2.24) is 5.32 Å². The highest BCUT2D eigenvalue weighted by molar-refractivity contribution is 7.92. The van der Waals surface area contributed by atoms with E-state index in [1.165, 1.54) is 12.1 Å². The molecular weight excluding hydrogens is 343 g/mol. The Morgan fingerprint density at radius 2 is 1.72 bits per heavy atom. The minimum Gasteiger partial charge on any atom is -0.354 e. The lowest BCUT2D eigenvalue weighted by atomic mass is 9.95. The van der Waals surface area contributed by atoms with Crippen molar-refractivity contribution in [2.75, 3.05) is 17.0 Å². The van der Waals surface area contributed by atoms with Gasteiger partial charge in [-0.3, -0.25) is 9.52 Å². The van der Waals surface area contributed by atoms with Crippen LogP contribution in [0, 0.1) is 5.82 Å². The van der Waals surface area contributed by atoms with Crippen LogP contribution in [0.1, 0.15) is 24.8 Å². The van der Waals surface area contributed by atoms with Crippen LogP contribution in [0.4, 0.5) is 10.1 Å². The maximum absolute atomic E-state index is 13.0. The van der Waals surface area contributed by atoms with Crippen molar-refractivity contribution in [2.24, 2.45) is 0 Å². The Labute approximate surface area is 147 Å². The first-order chi connectivity index (χ1) is 11.9. The van der Waals surface area contributed by atoms with Crippen LogP contribution in [0.5, 0.6) is 0 Å².